The SMILES string of the molecule is CCCCNC(=O)[C@]1(O)C[C@@H](O)[C@@H](O)[C@H](O)C1. The maximum absolute atomic E-state index is 11.7. The summed E-state index contributed by atoms with van der Waals surface area (Å²) in [5.41, 5.74) is -1.80. The van der Waals surface area contributed by atoms with Crippen LogP contribution in [0.4, 0.5) is 0 Å². The van der Waals surface area contributed by atoms with E-state index < -0.39 is 29.8 Å². The summed E-state index contributed by atoms with van der Waals surface area (Å²) in [6, 6.07) is 0. The molecule has 2 atom stereocenters. The first-order valence-corrected chi connectivity index (χ1v) is 5.95. The van der Waals surface area contributed by atoms with E-state index in [0.29, 0.717) is 6.54 Å². The molecule has 0 unspecified atom stereocenters. The number of nitrogens with one attached hydrogen (secondary N) is 1. The molecule has 0 saturated heterocycles. The van der Waals surface area contributed by atoms with E-state index in [9.17, 15) is 25.2 Å². The average Bonchev–Trinajstić information content (AvgIpc) is 2.26. The second kappa shape index (κ2) is 5.77. The summed E-state index contributed by atoms with van der Waals surface area (Å²) in [5.74, 6) is -0.601. The van der Waals surface area contributed by atoms with Crippen LogP contribution in [0.5, 0.6) is 0 Å². The quantitative estimate of drug-likeness (QED) is 0.389. The lowest BCUT2D eigenvalue weighted by Gasteiger charge is -2.39. The van der Waals surface area contributed by atoms with Crippen LogP contribution in [0.2, 0.25) is 0 Å². The van der Waals surface area contributed by atoms with Gasteiger partial charge in [0.2, 0.25) is 0 Å². The number of unbranched alkanes of at least 4 members (excludes halogenated alkanes) is 1. The van der Waals surface area contributed by atoms with E-state index in [0.717, 1.165) is 12.8 Å². The molecule has 100 valence electrons. The van der Waals surface area contributed by atoms with Crippen LogP contribution in [0.1, 0.15) is 32.6 Å². The summed E-state index contributed by atoms with van der Waals surface area (Å²) in [7, 11) is 0. The van der Waals surface area contributed by atoms with Crippen molar-refractivity contribution in [2.45, 2.75) is 56.5 Å². The highest BCUT2D eigenvalue weighted by molar-refractivity contribution is 5.85. The van der Waals surface area contributed by atoms with Crippen molar-refractivity contribution in [1.29, 1.82) is 0 Å². The fourth-order valence-electron chi connectivity index (χ4n) is 2.00. The van der Waals surface area contributed by atoms with Gasteiger partial charge in [0.15, 0.2) is 0 Å². The zero-order valence-corrected chi connectivity index (χ0v) is 9.96. The van der Waals surface area contributed by atoms with Gasteiger partial charge in [-0.05, 0) is 6.42 Å². The van der Waals surface area contributed by atoms with Gasteiger partial charge in [-0.1, -0.05) is 13.3 Å². The smallest absolute Gasteiger partial charge is 0.252 e. The van der Waals surface area contributed by atoms with Crippen molar-refractivity contribution in [3.05, 3.63) is 0 Å². The van der Waals surface area contributed by atoms with Crippen LogP contribution < -0.4 is 5.32 Å². The van der Waals surface area contributed by atoms with Crippen LogP contribution in [-0.2, 0) is 4.79 Å². The van der Waals surface area contributed by atoms with E-state index >= 15 is 0 Å². The Morgan fingerprint density at radius 2 is 1.82 bits per heavy atom. The molecular weight excluding hydrogens is 226 g/mol. The summed E-state index contributed by atoms with van der Waals surface area (Å²) in [5, 5.41) is 40.9. The summed E-state index contributed by atoms with van der Waals surface area (Å²) in [6.45, 7) is 2.43. The summed E-state index contributed by atoms with van der Waals surface area (Å²) in [6.07, 6.45) is -2.69. The Balaban J connectivity index is 2.58. The van der Waals surface area contributed by atoms with Crippen LogP contribution in [0, 0.1) is 0 Å². The third-order valence-electron chi connectivity index (χ3n) is 3.12. The normalized spacial score (nSPS) is 37.8. The molecule has 1 amide bonds. The van der Waals surface area contributed by atoms with Crippen molar-refractivity contribution >= 4 is 5.91 Å². The Morgan fingerprint density at radius 1 is 1.29 bits per heavy atom. The molecule has 0 aromatic rings. The van der Waals surface area contributed by atoms with Gasteiger partial charge in [-0.25, -0.2) is 0 Å². The van der Waals surface area contributed by atoms with E-state index in [2.05, 4.69) is 5.32 Å². The molecule has 1 saturated carbocycles. The number of carbonyl (C=O) groups is 1. The van der Waals surface area contributed by atoms with Crippen LogP contribution in [-0.4, -0.2) is 56.8 Å². The van der Waals surface area contributed by atoms with E-state index in [-0.39, 0.29) is 12.8 Å². The molecule has 1 aliphatic rings. The lowest BCUT2D eigenvalue weighted by molar-refractivity contribution is -0.172. The number of rotatable bonds is 4. The number of hydrogen-bond acceptors (Lipinski definition) is 5. The molecule has 1 fully saturated rings. The van der Waals surface area contributed by atoms with Gasteiger partial charge in [0.25, 0.3) is 5.91 Å². The van der Waals surface area contributed by atoms with Gasteiger partial charge in [0.05, 0.1) is 12.2 Å². The first-order valence-electron chi connectivity index (χ1n) is 5.95. The highest BCUT2D eigenvalue weighted by Crippen LogP contribution is 2.29. The Labute approximate surface area is 100 Å². The highest BCUT2D eigenvalue weighted by Gasteiger charge is 2.47. The monoisotopic (exact) mass is 247 g/mol. The molecule has 6 nitrogen and oxygen atoms in total. The molecule has 1 rings (SSSR count). The first kappa shape index (κ1) is 14.4. The molecule has 0 heterocycles. The summed E-state index contributed by atoms with van der Waals surface area (Å²) in [4.78, 5) is 11.7. The van der Waals surface area contributed by atoms with Crippen molar-refractivity contribution in [3.63, 3.8) is 0 Å². The van der Waals surface area contributed by atoms with Gasteiger partial charge in [-0.3, -0.25) is 4.79 Å². The van der Waals surface area contributed by atoms with E-state index in [1.807, 2.05) is 6.92 Å². The van der Waals surface area contributed by atoms with E-state index in [4.69, 9.17) is 0 Å². The van der Waals surface area contributed by atoms with E-state index in [1.165, 1.54) is 0 Å². The highest BCUT2D eigenvalue weighted by atomic mass is 16.4. The molecule has 0 aromatic heterocycles. The lowest BCUT2D eigenvalue weighted by Crippen LogP contribution is -2.59. The number of carbonyl (C=O) groups excluding carboxylic acids is 1. The Kier molecular flexibility index (Phi) is 4.88. The van der Waals surface area contributed by atoms with Crippen molar-refractivity contribution in [3.8, 4) is 0 Å². The Bertz CT molecular complexity index is 259. The zero-order valence-electron chi connectivity index (χ0n) is 9.96. The zero-order chi connectivity index (χ0) is 13.1. The van der Waals surface area contributed by atoms with Crippen molar-refractivity contribution in [2.75, 3.05) is 6.54 Å². The predicted molar refractivity (Wildman–Crippen MR) is 60.1 cm³/mol. The van der Waals surface area contributed by atoms with E-state index in [1.54, 1.807) is 0 Å². The van der Waals surface area contributed by atoms with Gasteiger partial charge in [-0.15, -0.1) is 0 Å². The number of hydrogen-bond donors (Lipinski definition) is 5. The van der Waals surface area contributed by atoms with Gasteiger partial charge in [0.1, 0.15) is 11.7 Å². The lowest BCUT2D eigenvalue weighted by atomic mass is 9.79. The second-order valence-electron chi connectivity index (χ2n) is 4.67. The standard InChI is InChI=1S/C11H21NO5/c1-2-3-4-12-10(16)11(17)5-7(13)9(15)8(14)6-11/h7-9,13-15,17H,2-6H2,1H3,(H,12,16)/t7-,8-,9-,11+/m1/s1. The molecule has 1 aliphatic carbocycles. The molecule has 5 N–H and O–H groups in total. The second-order valence-corrected chi connectivity index (χ2v) is 4.67. The first-order chi connectivity index (χ1) is 7.90. The van der Waals surface area contributed by atoms with Crippen molar-refractivity contribution < 1.29 is 25.2 Å². The Hall–Kier alpha value is -0.690. The third-order valence-corrected chi connectivity index (χ3v) is 3.12. The van der Waals surface area contributed by atoms with Crippen LogP contribution in [0.15, 0.2) is 0 Å². The predicted octanol–water partition coefficient (Wildman–Crippen LogP) is -1.49. The van der Waals surface area contributed by atoms with Gasteiger partial charge < -0.3 is 25.7 Å². The summed E-state index contributed by atoms with van der Waals surface area (Å²) < 4.78 is 0. The maximum Gasteiger partial charge on any atom is 0.252 e. The number of aliphatic hydroxyl groups excluding tert-OH is 3. The molecule has 0 bridgehead atoms. The number of amides is 1. The minimum Gasteiger partial charge on any atom is -0.390 e. The molecule has 0 spiro atoms. The van der Waals surface area contributed by atoms with Crippen molar-refractivity contribution in [2.24, 2.45) is 0 Å². The topological polar surface area (TPSA) is 110 Å². The van der Waals surface area contributed by atoms with Crippen LogP contribution in [0.25, 0.3) is 0 Å². The fourth-order valence-corrected chi connectivity index (χ4v) is 2.00. The van der Waals surface area contributed by atoms with Crippen LogP contribution >= 0.6 is 0 Å². The molecule has 0 radical (unpaired) electrons. The maximum atomic E-state index is 11.7. The van der Waals surface area contributed by atoms with Crippen LogP contribution in [0.3, 0.4) is 0 Å². The molecule has 0 aliphatic heterocycles. The van der Waals surface area contributed by atoms with Gasteiger partial charge in [-0.2, -0.15) is 0 Å². The van der Waals surface area contributed by atoms with Crippen molar-refractivity contribution in [1.82, 2.24) is 5.32 Å². The van der Waals surface area contributed by atoms with Gasteiger partial charge in [0, 0.05) is 19.4 Å². The average molecular weight is 247 g/mol. The minimum absolute atomic E-state index is 0.261. The van der Waals surface area contributed by atoms with Gasteiger partial charge >= 0.3 is 0 Å². The summed E-state index contributed by atoms with van der Waals surface area (Å²) >= 11 is 0. The minimum atomic E-state index is -1.80. The molecular formula is C11H21NO5. The Morgan fingerprint density at radius 3 is 2.29 bits per heavy atom. The molecule has 17 heavy (non-hydrogen) atoms. The largest absolute Gasteiger partial charge is 0.390 e. The molecule has 0 aromatic carbocycles. The number of aliphatic hydroxyl groups is 4. The fraction of sp³-hybridized carbons (Fsp3) is 0.909. The third kappa shape index (κ3) is 3.38. The molecule has 6 heteroatoms.